The molecular weight excluding hydrogens is 260 g/mol. The molecule has 19 heavy (non-hydrogen) atoms. The Kier molecular flexibility index (Phi) is 4.66. The highest BCUT2D eigenvalue weighted by molar-refractivity contribution is 7.99. The van der Waals surface area contributed by atoms with E-state index in [-0.39, 0.29) is 11.6 Å². The van der Waals surface area contributed by atoms with Crippen molar-refractivity contribution >= 4 is 17.9 Å². The number of ether oxygens (including phenoxy) is 1. The maximum absolute atomic E-state index is 11.9. The van der Waals surface area contributed by atoms with E-state index in [1.807, 2.05) is 32.5 Å². The average molecular weight is 286 g/mol. The second kappa shape index (κ2) is 5.92. The van der Waals surface area contributed by atoms with Crippen LogP contribution in [0, 0.1) is 0 Å². The molecule has 1 atom stereocenters. The summed E-state index contributed by atoms with van der Waals surface area (Å²) in [5.41, 5.74) is -0.500. The number of hydrogen-bond donors (Lipinski definition) is 2. The van der Waals surface area contributed by atoms with Gasteiger partial charge in [-0.3, -0.25) is 0 Å². The summed E-state index contributed by atoms with van der Waals surface area (Å²) in [5.74, 6) is 2.45. The summed E-state index contributed by atoms with van der Waals surface area (Å²) in [7, 11) is 0. The number of carbonyl (C=O) groups excluding carboxylic acids is 1. The molecule has 1 aliphatic heterocycles. The fourth-order valence-electron chi connectivity index (χ4n) is 2.50. The van der Waals surface area contributed by atoms with Gasteiger partial charge in [0.25, 0.3) is 0 Å². The second-order valence-corrected chi connectivity index (χ2v) is 7.85. The molecular formula is C14H26N2O2S. The third kappa shape index (κ3) is 4.56. The van der Waals surface area contributed by atoms with E-state index in [0.717, 1.165) is 19.4 Å². The molecule has 0 bridgehead atoms. The van der Waals surface area contributed by atoms with Gasteiger partial charge in [-0.25, -0.2) is 4.79 Å². The summed E-state index contributed by atoms with van der Waals surface area (Å²) in [6.07, 6.45) is 4.26. The molecule has 0 spiro atoms. The van der Waals surface area contributed by atoms with Crippen molar-refractivity contribution < 1.29 is 9.53 Å². The van der Waals surface area contributed by atoms with Crippen LogP contribution in [0.15, 0.2) is 0 Å². The Balaban J connectivity index is 1.79. The van der Waals surface area contributed by atoms with E-state index in [2.05, 4.69) is 10.6 Å². The second-order valence-electron chi connectivity index (χ2n) is 6.70. The highest BCUT2D eigenvalue weighted by Gasteiger charge is 2.39. The molecule has 0 aromatic heterocycles. The molecule has 4 nitrogen and oxygen atoms in total. The molecule has 2 aliphatic rings. The van der Waals surface area contributed by atoms with E-state index < -0.39 is 5.60 Å². The third-order valence-electron chi connectivity index (χ3n) is 3.74. The maximum atomic E-state index is 11.9. The molecule has 2 fully saturated rings. The molecule has 0 aromatic rings. The van der Waals surface area contributed by atoms with Crippen molar-refractivity contribution in [2.24, 2.45) is 0 Å². The maximum Gasteiger partial charge on any atom is 0.408 e. The first kappa shape index (κ1) is 15.0. The third-order valence-corrected chi connectivity index (χ3v) is 4.90. The van der Waals surface area contributed by atoms with Gasteiger partial charge in [0, 0.05) is 18.3 Å². The zero-order chi connectivity index (χ0) is 13.9. The summed E-state index contributed by atoms with van der Waals surface area (Å²) in [6, 6.07) is 0.614. The van der Waals surface area contributed by atoms with Gasteiger partial charge >= 0.3 is 6.09 Å². The zero-order valence-electron chi connectivity index (χ0n) is 12.3. The Morgan fingerprint density at radius 2 is 2.16 bits per heavy atom. The molecule has 1 aliphatic carbocycles. The monoisotopic (exact) mass is 286 g/mol. The highest BCUT2D eigenvalue weighted by Crippen LogP contribution is 2.32. The topological polar surface area (TPSA) is 50.4 Å². The molecule has 110 valence electrons. The van der Waals surface area contributed by atoms with E-state index in [9.17, 15) is 4.79 Å². The molecule has 0 radical (unpaired) electrons. The fourth-order valence-corrected chi connectivity index (χ4v) is 3.69. The minimum absolute atomic E-state index is 0.0738. The smallest absolute Gasteiger partial charge is 0.408 e. The number of rotatable bonds is 4. The predicted octanol–water partition coefficient (Wildman–Crippen LogP) is 2.53. The Morgan fingerprint density at radius 1 is 1.42 bits per heavy atom. The van der Waals surface area contributed by atoms with Gasteiger partial charge in [-0.15, -0.1) is 0 Å². The number of thioether (sulfide) groups is 1. The van der Waals surface area contributed by atoms with Crippen molar-refractivity contribution in [2.45, 2.75) is 63.6 Å². The van der Waals surface area contributed by atoms with Crippen LogP contribution in [0.2, 0.25) is 0 Å². The molecule has 1 saturated heterocycles. The molecule has 0 aromatic carbocycles. The van der Waals surface area contributed by atoms with E-state index in [0.29, 0.717) is 6.04 Å². The first-order valence-corrected chi connectivity index (χ1v) is 8.36. The van der Waals surface area contributed by atoms with Crippen molar-refractivity contribution in [3.8, 4) is 0 Å². The lowest BCUT2D eigenvalue weighted by Gasteiger charge is -2.43. The molecule has 2 N–H and O–H groups in total. The van der Waals surface area contributed by atoms with Crippen LogP contribution in [0.5, 0.6) is 0 Å². The zero-order valence-corrected chi connectivity index (χ0v) is 13.1. The van der Waals surface area contributed by atoms with Crippen molar-refractivity contribution in [3.05, 3.63) is 0 Å². The summed E-state index contributed by atoms with van der Waals surface area (Å²) in [5, 5.41) is 6.68. The minimum atomic E-state index is -0.426. The SMILES string of the molecule is CC(C)(C)OC(=O)NC1(CNC2CCSC2)CCC1. The minimum Gasteiger partial charge on any atom is -0.444 e. The van der Waals surface area contributed by atoms with E-state index in [4.69, 9.17) is 4.74 Å². The molecule has 5 heteroatoms. The lowest BCUT2D eigenvalue weighted by atomic mass is 9.76. The van der Waals surface area contributed by atoms with E-state index in [1.165, 1.54) is 24.3 Å². The Hall–Kier alpha value is -0.420. The van der Waals surface area contributed by atoms with Crippen LogP contribution in [0.4, 0.5) is 4.79 Å². The lowest BCUT2D eigenvalue weighted by molar-refractivity contribution is 0.0380. The van der Waals surface area contributed by atoms with E-state index >= 15 is 0 Å². The van der Waals surface area contributed by atoms with Gasteiger partial charge in [-0.2, -0.15) is 11.8 Å². The molecule has 2 rings (SSSR count). The Labute approximate surface area is 120 Å². The number of hydrogen-bond acceptors (Lipinski definition) is 4. The largest absolute Gasteiger partial charge is 0.444 e. The standard InChI is InChI=1S/C14H26N2O2S/c1-13(2,3)18-12(17)16-14(6-4-7-14)10-15-11-5-8-19-9-11/h11,15H,4-10H2,1-3H3,(H,16,17). The van der Waals surface area contributed by atoms with Crippen molar-refractivity contribution in [1.29, 1.82) is 0 Å². The van der Waals surface area contributed by atoms with Crippen LogP contribution >= 0.6 is 11.8 Å². The number of carbonyl (C=O) groups is 1. The van der Waals surface area contributed by atoms with Crippen LogP contribution in [0.25, 0.3) is 0 Å². The summed E-state index contributed by atoms with van der Waals surface area (Å²) in [6.45, 7) is 6.56. The first-order valence-electron chi connectivity index (χ1n) is 7.21. The van der Waals surface area contributed by atoms with Crippen LogP contribution < -0.4 is 10.6 Å². The molecule has 1 saturated carbocycles. The molecule has 1 amide bonds. The predicted molar refractivity (Wildman–Crippen MR) is 79.7 cm³/mol. The number of alkyl carbamates (subject to hydrolysis) is 1. The van der Waals surface area contributed by atoms with Gasteiger partial charge in [0.2, 0.25) is 0 Å². The molecule has 1 unspecified atom stereocenters. The quantitative estimate of drug-likeness (QED) is 0.834. The van der Waals surface area contributed by atoms with Gasteiger partial charge in [0.05, 0.1) is 5.54 Å². The summed E-state index contributed by atoms with van der Waals surface area (Å²) < 4.78 is 5.36. The van der Waals surface area contributed by atoms with Gasteiger partial charge in [0.15, 0.2) is 0 Å². The first-order chi connectivity index (χ1) is 8.89. The molecule has 1 heterocycles. The van der Waals surface area contributed by atoms with Gasteiger partial charge in [-0.05, 0) is 52.2 Å². The highest BCUT2D eigenvalue weighted by atomic mass is 32.2. The summed E-state index contributed by atoms with van der Waals surface area (Å²) in [4.78, 5) is 11.9. The van der Waals surface area contributed by atoms with Crippen LogP contribution in [0.3, 0.4) is 0 Å². The number of nitrogens with one attached hydrogen (secondary N) is 2. The van der Waals surface area contributed by atoms with Crippen molar-refractivity contribution in [2.75, 3.05) is 18.1 Å². The van der Waals surface area contributed by atoms with Gasteiger partial charge in [0.1, 0.15) is 5.60 Å². The normalized spacial score (nSPS) is 25.7. The number of amides is 1. The van der Waals surface area contributed by atoms with Gasteiger partial charge < -0.3 is 15.4 Å². The van der Waals surface area contributed by atoms with E-state index in [1.54, 1.807) is 0 Å². The van der Waals surface area contributed by atoms with Crippen molar-refractivity contribution in [3.63, 3.8) is 0 Å². The van der Waals surface area contributed by atoms with Crippen LogP contribution in [-0.4, -0.2) is 41.3 Å². The Morgan fingerprint density at radius 3 is 2.63 bits per heavy atom. The Bertz CT molecular complexity index is 318. The van der Waals surface area contributed by atoms with Crippen molar-refractivity contribution in [1.82, 2.24) is 10.6 Å². The van der Waals surface area contributed by atoms with Gasteiger partial charge in [-0.1, -0.05) is 0 Å². The summed E-state index contributed by atoms with van der Waals surface area (Å²) >= 11 is 2.01. The lowest BCUT2D eigenvalue weighted by Crippen LogP contribution is -2.60. The van der Waals surface area contributed by atoms with Crippen LogP contribution in [-0.2, 0) is 4.74 Å². The average Bonchev–Trinajstić information content (AvgIpc) is 2.71. The van der Waals surface area contributed by atoms with Crippen LogP contribution in [0.1, 0.15) is 46.5 Å². The fraction of sp³-hybridized carbons (Fsp3) is 0.929.